The van der Waals surface area contributed by atoms with Gasteiger partial charge in [-0.15, -0.1) is 0 Å². The van der Waals surface area contributed by atoms with Crippen molar-refractivity contribution < 1.29 is 18.8 Å². The molecule has 0 aliphatic rings. The van der Waals surface area contributed by atoms with Gasteiger partial charge in [0.25, 0.3) is 5.69 Å². The van der Waals surface area contributed by atoms with E-state index in [9.17, 15) is 19.3 Å². The number of ketones is 1. The number of ether oxygens (including phenoxy) is 1. The molecule has 6 heteroatoms. The van der Waals surface area contributed by atoms with Gasteiger partial charge >= 0.3 is 0 Å². The van der Waals surface area contributed by atoms with Gasteiger partial charge in [0.15, 0.2) is 5.78 Å². The van der Waals surface area contributed by atoms with E-state index < -0.39 is 16.5 Å². The summed E-state index contributed by atoms with van der Waals surface area (Å²) in [6.45, 7) is 1.24. The Morgan fingerprint density at radius 2 is 1.75 bits per heavy atom. The second-order valence-electron chi connectivity index (χ2n) is 4.05. The Morgan fingerprint density at radius 1 is 1.15 bits per heavy atom. The fourth-order valence-electron chi connectivity index (χ4n) is 1.66. The lowest BCUT2D eigenvalue weighted by molar-refractivity contribution is -0.385. The first kappa shape index (κ1) is 13.7. The number of carbonyl (C=O) groups excluding carboxylic acids is 1. The lowest BCUT2D eigenvalue weighted by Crippen LogP contribution is -2.00. The van der Waals surface area contributed by atoms with Crippen molar-refractivity contribution in [1.82, 2.24) is 0 Å². The van der Waals surface area contributed by atoms with Crippen LogP contribution in [0.4, 0.5) is 10.1 Å². The van der Waals surface area contributed by atoms with E-state index in [2.05, 4.69) is 0 Å². The summed E-state index contributed by atoms with van der Waals surface area (Å²) in [7, 11) is 0. The van der Waals surface area contributed by atoms with Crippen molar-refractivity contribution in [2.75, 3.05) is 0 Å². The summed E-state index contributed by atoms with van der Waals surface area (Å²) in [5, 5.41) is 10.8. The Bertz CT molecular complexity index is 667. The van der Waals surface area contributed by atoms with Crippen molar-refractivity contribution in [3.63, 3.8) is 0 Å². The number of Topliss-reactive ketones (excluding diaryl/α,β-unsaturated/α-hetero) is 1. The van der Waals surface area contributed by atoms with Gasteiger partial charge in [0.2, 0.25) is 0 Å². The average Bonchev–Trinajstić information content (AvgIpc) is 2.41. The van der Waals surface area contributed by atoms with Crippen LogP contribution in [-0.4, -0.2) is 10.7 Å². The zero-order chi connectivity index (χ0) is 14.7. The third-order valence-corrected chi connectivity index (χ3v) is 2.59. The van der Waals surface area contributed by atoms with Crippen LogP contribution < -0.4 is 4.74 Å². The number of hydrogen-bond acceptors (Lipinski definition) is 4. The molecule has 102 valence electrons. The molecule has 0 radical (unpaired) electrons. The van der Waals surface area contributed by atoms with Gasteiger partial charge in [0.1, 0.15) is 17.3 Å². The first-order valence-electron chi connectivity index (χ1n) is 5.70. The number of rotatable bonds is 4. The van der Waals surface area contributed by atoms with Crippen LogP contribution in [0.5, 0.6) is 11.5 Å². The largest absolute Gasteiger partial charge is 0.457 e. The van der Waals surface area contributed by atoms with Gasteiger partial charge in [-0.05, 0) is 43.3 Å². The zero-order valence-corrected chi connectivity index (χ0v) is 10.5. The molecular weight excluding hydrogens is 265 g/mol. The Labute approximate surface area is 113 Å². The molecule has 0 saturated carbocycles. The highest BCUT2D eigenvalue weighted by Gasteiger charge is 2.18. The average molecular weight is 275 g/mol. The second kappa shape index (κ2) is 5.48. The summed E-state index contributed by atoms with van der Waals surface area (Å²) in [6, 6.07) is 9.18. The normalized spacial score (nSPS) is 10.1. The third-order valence-electron chi connectivity index (χ3n) is 2.59. The minimum absolute atomic E-state index is 0.0328. The van der Waals surface area contributed by atoms with Crippen LogP contribution in [0.15, 0.2) is 42.5 Å². The van der Waals surface area contributed by atoms with Gasteiger partial charge in [-0.1, -0.05) is 0 Å². The molecule has 0 spiro atoms. The highest BCUT2D eigenvalue weighted by Crippen LogP contribution is 2.28. The van der Waals surface area contributed by atoms with E-state index in [0.717, 1.165) is 0 Å². The van der Waals surface area contributed by atoms with E-state index in [1.807, 2.05) is 0 Å². The zero-order valence-electron chi connectivity index (χ0n) is 10.5. The summed E-state index contributed by atoms with van der Waals surface area (Å²) in [5.74, 6) is -0.186. The van der Waals surface area contributed by atoms with Crippen molar-refractivity contribution >= 4 is 11.5 Å². The highest BCUT2D eigenvalue weighted by molar-refractivity contribution is 5.98. The quantitative estimate of drug-likeness (QED) is 0.484. The van der Waals surface area contributed by atoms with Crippen LogP contribution >= 0.6 is 0 Å². The van der Waals surface area contributed by atoms with Crippen LogP contribution in [-0.2, 0) is 0 Å². The van der Waals surface area contributed by atoms with Gasteiger partial charge < -0.3 is 4.74 Å². The Kier molecular flexibility index (Phi) is 3.74. The predicted octanol–water partition coefficient (Wildman–Crippen LogP) is 3.73. The smallest absolute Gasteiger partial charge is 0.280 e. The van der Waals surface area contributed by atoms with Gasteiger partial charge in [0, 0.05) is 6.07 Å². The molecule has 20 heavy (non-hydrogen) atoms. The summed E-state index contributed by atoms with van der Waals surface area (Å²) >= 11 is 0. The van der Waals surface area contributed by atoms with Gasteiger partial charge in [-0.3, -0.25) is 14.9 Å². The van der Waals surface area contributed by atoms with Gasteiger partial charge in [-0.2, -0.15) is 0 Å². The molecule has 0 atom stereocenters. The molecule has 2 aromatic rings. The second-order valence-corrected chi connectivity index (χ2v) is 4.05. The number of nitrogens with zero attached hydrogens (tertiary/aromatic N) is 1. The minimum atomic E-state index is -0.627. The molecule has 0 N–H and O–H groups in total. The fraction of sp³-hybridized carbons (Fsp3) is 0.0714. The molecule has 0 aliphatic carbocycles. The fourth-order valence-corrected chi connectivity index (χ4v) is 1.66. The monoisotopic (exact) mass is 275 g/mol. The van der Waals surface area contributed by atoms with Crippen molar-refractivity contribution in [3.8, 4) is 11.5 Å². The van der Waals surface area contributed by atoms with Gasteiger partial charge in [-0.25, -0.2) is 4.39 Å². The molecule has 0 bridgehead atoms. The van der Waals surface area contributed by atoms with E-state index in [1.54, 1.807) is 0 Å². The number of carbonyl (C=O) groups is 1. The Morgan fingerprint density at radius 3 is 2.30 bits per heavy atom. The highest BCUT2D eigenvalue weighted by atomic mass is 19.1. The maximum Gasteiger partial charge on any atom is 0.280 e. The minimum Gasteiger partial charge on any atom is -0.457 e. The molecule has 5 nitrogen and oxygen atoms in total. The molecule has 0 aliphatic heterocycles. The summed E-state index contributed by atoms with van der Waals surface area (Å²) in [6.07, 6.45) is 0. The molecule has 0 amide bonds. The lowest BCUT2D eigenvalue weighted by Gasteiger charge is -2.07. The Balaban J connectivity index is 2.34. The van der Waals surface area contributed by atoms with Crippen molar-refractivity contribution in [2.24, 2.45) is 0 Å². The van der Waals surface area contributed by atoms with Crippen molar-refractivity contribution in [3.05, 3.63) is 64.0 Å². The van der Waals surface area contributed by atoms with E-state index in [0.29, 0.717) is 5.75 Å². The van der Waals surface area contributed by atoms with E-state index in [-0.39, 0.29) is 17.0 Å². The van der Waals surface area contributed by atoms with Crippen molar-refractivity contribution in [2.45, 2.75) is 6.92 Å². The molecule has 0 heterocycles. The number of nitro groups is 1. The molecule has 0 fully saturated rings. The maximum atomic E-state index is 12.8. The number of benzene rings is 2. The number of halogens is 1. The number of nitro benzene ring substituents is 1. The van der Waals surface area contributed by atoms with Crippen molar-refractivity contribution in [1.29, 1.82) is 0 Å². The van der Waals surface area contributed by atoms with Crippen LogP contribution in [0.1, 0.15) is 17.3 Å². The van der Waals surface area contributed by atoms with E-state index in [4.69, 9.17) is 4.74 Å². The standard InChI is InChI=1S/C14H10FNO4/c1-9(17)13-8-12(6-7-14(13)16(18)19)20-11-4-2-10(15)3-5-11/h2-8H,1H3. The topological polar surface area (TPSA) is 69.4 Å². The molecule has 0 aromatic heterocycles. The van der Waals surface area contributed by atoms with Crippen LogP contribution in [0.25, 0.3) is 0 Å². The maximum absolute atomic E-state index is 12.8. The third kappa shape index (κ3) is 2.97. The summed E-state index contributed by atoms with van der Waals surface area (Å²) in [4.78, 5) is 21.6. The van der Waals surface area contributed by atoms with Gasteiger partial charge in [0.05, 0.1) is 10.5 Å². The first-order valence-corrected chi connectivity index (χ1v) is 5.70. The summed E-state index contributed by atoms with van der Waals surface area (Å²) in [5.41, 5.74) is -0.307. The molecule has 0 unspecified atom stereocenters. The molecule has 0 saturated heterocycles. The molecular formula is C14H10FNO4. The van der Waals surface area contributed by atoms with E-state index in [1.165, 1.54) is 49.4 Å². The van der Waals surface area contributed by atoms with Crippen LogP contribution in [0.2, 0.25) is 0 Å². The van der Waals surface area contributed by atoms with Crippen LogP contribution in [0, 0.1) is 15.9 Å². The number of hydrogen-bond donors (Lipinski definition) is 0. The SMILES string of the molecule is CC(=O)c1cc(Oc2ccc(F)cc2)ccc1[N+](=O)[O-]. The van der Waals surface area contributed by atoms with E-state index >= 15 is 0 Å². The van der Waals surface area contributed by atoms with Crippen LogP contribution in [0.3, 0.4) is 0 Å². The molecule has 2 aromatic carbocycles. The molecule has 2 rings (SSSR count). The lowest BCUT2D eigenvalue weighted by atomic mass is 10.1. The Hall–Kier alpha value is -2.76. The predicted molar refractivity (Wildman–Crippen MR) is 69.6 cm³/mol. The summed E-state index contributed by atoms with van der Waals surface area (Å²) < 4.78 is 18.2. The first-order chi connectivity index (χ1) is 9.47.